The summed E-state index contributed by atoms with van der Waals surface area (Å²) < 4.78 is 35.8. The van der Waals surface area contributed by atoms with E-state index in [-0.39, 0.29) is 10.3 Å². The van der Waals surface area contributed by atoms with Gasteiger partial charge in [0.25, 0.3) is 5.91 Å². The Labute approximate surface area is 213 Å². The van der Waals surface area contributed by atoms with Crippen molar-refractivity contribution in [3.8, 4) is 5.75 Å². The summed E-state index contributed by atoms with van der Waals surface area (Å²) in [5.74, 6) is -4.67. The zero-order chi connectivity index (χ0) is 25.2. The molecule has 0 spiro atoms. The smallest absolute Gasteiger partial charge is 0.350 e. The zero-order valence-electron chi connectivity index (χ0n) is 19.5. The quantitative estimate of drug-likeness (QED) is 0.463. The van der Waals surface area contributed by atoms with Gasteiger partial charge in [-0.15, -0.1) is 0 Å². The molecule has 1 amide bonds. The van der Waals surface area contributed by atoms with Crippen molar-refractivity contribution in [1.82, 2.24) is 4.90 Å². The van der Waals surface area contributed by atoms with Gasteiger partial charge in [0.2, 0.25) is 0 Å². The number of amides is 1. The van der Waals surface area contributed by atoms with E-state index in [0.29, 0.717) is 33.7 Å². The number of halogens is 4. The molecule has 0 aromatic heterocycles. The first-order chi connectivity index (χ1) is 16.6. The van der Waals surface area contributed by atoms with Crippen molar-refractivity contribution in [3.63, 3.8) is 0 Å². The van der Waals surface area contributed by atoms with Gasteiger partial charge in [0, 0.05) is 22.8 Å². The summed E-state index contributed by atoms with van der Waals surface area (Å²) >= 11 is 12.2. The molecule has 0 bridgehead atoms. The van der Waals surface area contributed by atoms with Crippen LogP contribution in [-0.4, -0.2) is 62.0 Å². The molecule has 1 saturated heterocycles. The minimum Gasteiger partial charge on any atom is -0.491 e. The number of hydrogen-bond acceptors (Lipinski definition) is 4. The SMILES string of the molecule is C[N+]1(C)N=CC(Cl)=C1c1cc(NC(=O)C(F)(F)c2ccc(Cl)cc2)ccc1OCCN1CCCC1. The molecule has 2 aliphatic heterocycles. The Balaban J connectivity index is 1.59. The highest BCUT2D eigenvalue weighted by Crippen LogP contribution is 2.40. The Kier molecular flexibility index (Phi) is 7.47. The van der Waals surface area contributed by atoms with E-state index in [0.717, 1.165) is 31.8 Å². The van der Waals surface area contributed by atoms with Crippen LogP contribution in [0.25, 0.3) is 5.70 Å². The Morgan fingerprint density at radius 1 is 1.14 bits per heavy atom. The first-order valence-corrected chi connectivity index (χ1v) is 12.1. The van der Waals surface area contributed by atoms with Crippen LogP contribution in [0.15, 0.2) is 52.6 Å². The summed E-state index contributed by atoms with van der Waals surface area (Å²) in [6.45, 7) is 3.36. The molecule has 186 valence electrons. The molecule has 2 aliphatic rings. The van der Waals surface area contributed by atoms with Crippen LogP contribution < -0.4 is 10.1 Å². The van der Waals surface area contributed by atoms with Crippen LogP contribution in [0.2, 0.25) is 5.02 Å². The number of allylic oxidation sites excluding steroid dienone is 1. The molecule has 10 heteroatoms. The molecule has 6 nitrogen and oxygen atoms in total. The molecule has 0 saturated carbocycles. The molecule has 1 N–H and O–H groups in total. The maximum atomic E-state index is 14.8. The third kappa shape index (κ3) is 5.67. The maximum Gasteiger partial charge on any atom is 0.350 e. The average Bonchev–Trinajstić information content (AvgIpc) is 3.42. The largest absolute Gasteiger partial charge is 0.491 e. The third-order valence-electron chi connectivity index (χ3n) is 6.08. The lowest BCUT2D eigenvalue weighted by atomic mass is 10.1. The summed E-state index contributed by atoms with van der Waals surface area (Å²) in [5.41, 5.74) is 0.957. The monoisotopic (exact) mass is 523 g/mol. The molecular weight excluding hydrogens is 497 g/mol. The minimum absolute atomic E-state index is 0.0969. The summed E-state index contributed by atoms with van der Waals surface area (Å²) in [6, 6.07) is 9.68. The van der Waals surface area contributed by atoms with Crippen LogP contribution in [0.4, 0.5) is 14.5 Å². The van der Waals surface area contributed by atoms with E-state index in [4.69, 9.17) is 27.9 Å². The van der Waals surface area contributed by atoms with E-state index in [1.165, 1.54) is 31.0 Å². The second kappa shape index (κ2) is 10.2. The molecule has 4 rings (SSSR count). The molecule has 2 heterocycles. The molecule has 0 unspecified atom stereocenters. The van der Waals surface area contributed by atoms with Crippen LogP contribution in [0.5, 0.6) is 5.75 Å². The number of anilines is 1. The third-order valence-corrected chi connectivity index (χ3v) is 6.61. The molecule has 0 aliphatic carbocycles. The number of benzene rings is 2. The normalized spacial score (nSPS) is 17.8. The van der Waals surface area contributed by atoms with Gasteiger partial charge in [-0.05, 0) is 56.3 Å². The molecule has 35 heavy (non-hydrogen) atoms. The minimum atomic E-state index is -3.75. The number of likely N-dealkylation sites (tertiary alicyclic amines) is 1. The predicted molar refractivity (Wildman–Crippen MR) is 135 cm³/mol. The Morgan fingerprint density at radius 2 is 1.83 bits per heavy atom. The standard InChI is InChI=1S/C25H26Cl2F2N4O2/c1-33(2)23(21(27)16-30-33)20-15-19(9-10-22(20)35-14-13-32-11-3-4-12-32)31-24(34)25(28,29)17-5-7-18(26)8-6-17/h5-10,15-16H,3-4,11-14H2,1-2H3/p+1. The number of quaternary nitrogens is 1. The van der Waals surface area contributed by atoms with Crippen LogP contribution in [0.1, 0.15) is 24.0 Å². The molecule has 0 atom stereocenters. The number of carbonyl (C=O) groups is 1. The van der Waals surface area contributed by atoms with Crippen LogP contribution in [0, 0.1) is 0 Å². The van der Waals surface area contributed by atoms with Gasteiger partial charge >= 0.3 is 5.92 Å². The lowest BCUT2D eigenvalue weighted by molar-refractivity contribution is -0.822. The molecule has 2 aromatic rings. The summed E-state index contributed by atoms with van der Waals surface area (Å²) in [6.07, 6.45) is 3.92. The average molecular weight is 524 g/mol. The van der Waals surface area contributed by atoms with Crippen LogP contribution in [0.3, 0.4) is 0 Å². The lowest BCUT2D eigenvalue weighted by Gasteiger charge is -2.24. The highest BCUT2D eigenvalue weighted by atomic mass is 35.5. The topological polar surface area (TPSA) is 53.9 Å². The molecule has 0 radical (unpaired) electrons. The Morgan fingerprint density at radius 3 is 2.46 bits per heavy atom. The number of ether oxygens (including phenoxy) is 1. The van der Waals surface area contributed by atoms with Crippen molar-refractivity contribution in [1.29, 1.82) is 0 Å². The van der Waals surface area contributed by atoms with Gasteiger partial charge in [-0.1, -0.05) is 40.4 Å². The van der Waals surface area contributed by atoms with Crippen molar-refractivity contribution in [2.45, 2.75) is 18.8 Å². The second-order valence-corrected chi connectivity index (χ2v) is 9.82. The predicted octanol–water partition coefficient (Wildman–Crippen LogP) is 5.53. The number of alkyl halides is 2. The van der Waals surface area contributed by atoms with Gasteiger partial charge in [0.15, 0.2) is 5.70 Å². The van der Waals surface area contributed by atoms with Gasteiger partial charge in [0.1, 0.15) is 23.6 Å². The van der Waals surface area contributed by atoms with Gasteiger partial charge in [-0.25, -0.2) is 0 Å². The van der Waals surface area contributed by atoms with E-state index in [1.807, 2.05) is 14.1 Å². The lowest BCUT2D eigenvalue weighted by Crippen LogP contribution is -2.32. The van der Waals surface area contributed by atoms with E-state index in [1.54, 1.807) is 18.3 Å². The fourth-order valence-electron chi connectivity index (χ4n) is 4.21. The number of hydrogen-bond donors (Lipinski definition) is 1. The molecular formula is C25H27Cl2F2N4O2+. The molecule has 2 aromatic carbocycles. The highest BCUT2D eigenvalue weighted by Gasteiger charge is 2.41. The van der Waals surface area contributed by atoms with Crippen molar-refractivity contribution in [3.05, 3.63) is 63.6 Å². The van der Waals surface area contributed by atoms with Crippen molar-refractivity contribution >= 4 is 46.7 Å². The Bertz CT molecular complexity index is 1160. The van der Waals surface area contributed by atoms with E-state index in [2.05, 4.69) is 15.3 Å². The van der Waals surface area contributed by atoms with Gasteiger partial charge < -0.3 is 10.1 Å². The van der Waals surface area contributed by atoms with E-state index < -0.39 is 17.4 Å². The number of rotatable bonds is 8. The number of nitrogens with one attached hydrogen (secondary N) is 1. The van der Waals surface area contributed by atoms with Gasteiger partial charge in [0.05, 0.1) is 19.7 Å². The van der Waals surface area contributed by atoms with Crippen molar-refractivity contribution < 1.29 is 22.9 Å². The fraction of sp³-hybridized carbons (Fsp3) is 0.360. The van der Waals surface area contributed by atoms with Crippen molar-refractivity contribution in [2.75, 3.05) is 45.7 Å². The molecule has 1 fully saturated rings. The van der Waals surface area contributed by atoms with Crippen LogP contribution in [-0.2, 0) is 10.7 Å². The summed E-state index contributed by atoms with van der Waals surface area (Å²) in [5, 5.41) is 7.44. The highest BCUT2D eigenvalue weighted by molar-refractivity contribution is 6.42. The number of carbonyl (C=O) groups excluding carboxylic acids is 1. The Hall–Kier alpha value is -2.52. The van der Waals surface area contributed by atoms with Gasteiger partial charge in [-0.2, -0.15) is 13.4 Å². The zero-order valence-corrected chi connectivity index (χ0v) is 21.0. The fourth-order valence-corrected chi connectivity index (χ4v) is 4.69. The van der Waals surface area contributed by atoms with Crippen molar-refractivity contribution in [2.24, 2.45) is 5.10 Å². The first-order valence-electron chi connectivity index (χ1n) is 11.3. The maximum absolute atomic E-state index is 14.8. The van der Waals surface area contributed by atoms with Crippen LogP contribution >= 0.6 is 23.2 Å². The first kappa shape index (κ1) is 25.6. The van der Waals surface area contributed by atoms with E-state index in [9.17, 15) is 13.6 Å². The summed E-state index contributed by atoms with van der Waals surface area (Å²) in [4.78, 5) is 14.9. The summed E-state index contributed by atoms with van der Waals surface area (Å²) in [7, 11) is 3.68. The van der Waals surface area contributed by atoms with E-state index >= 15 is 0 Å². The number of nitrogens with zero attached hydrogens (tertiary/aromatic N) is 3. The second-order valence-electron chi connectivity index (χ2n) is 8.98. The van der Waals surface area contributed by atoms with Gasteiger partial charge in [-0.3, -0.25) is 9.69 Å².